The molecule has 5 atom stereocenters. The Morgan fingerprint density at radius 3 is 2.31 bits per heavy atom. The second-order valence-electron chi connectivity index (χ2n) is 16.6. The van der Waals surface area contributed by atoms with Crippen LogP contribution >= 0.6 is 22.7 Å². The first-order valence-corrected chi connectivity index (χ1v) is 21.5. The van der Waals surface area contributed by atoms with Crippen molar-refractivity contribution in [1.29, 1.82) is 0 Å². The fraction of sp³-hybridized carbons (Fsp3) is 0.432. The van der Waals surface area contributed by atoms with Crippen LogP contribution < -0.4 is 10.6 Å². The lowest BCUT2D eigenvalue weighted by molar-refractivity contribution is -0.144. The van der Waals surface area contributed by atoms with Crippen LogP contribution in [-0.4, -0.2) is 77.9 Å². The third-order valence-corrected chi connectivity index (χ3v) is 13.5. The second-order valence-corrected chi connectivity index (χ2v) is 18.7. The Labute approximate surface area is 347 Å². The smallest absolute Gasteiger partial charge is 0.246 e. The number of β-amino-alcohol motifs (C(OH)–C–C–N with tert-alkyl or cyclic N) is 1. The molecule has 0 radical (unpaired) electrons. The van der Waals surface area contributed by atoms with E-state index < -0.39 is 23.6 Å². The SMILES string of the molecule is Cc1ncsc1-c1ccc([C@H](C)NC(=O)[C@@H]2C[C@@H](O)CN2C(=O)C(NC(=O)CCc2ccc(C3=N[C@@H](C)c4nnc(C)n4-c4sc(C)c(C)c43)cc2)C(C)(C)C)cc1. The zero-order valence-corrected chi connectivity index (χ0v) is 36.2. The lowest BCUT2D eigenvalue weighted by atomic mass is 9.85. The van der Waals surface area contributed by atoms with Crippen molar-refractivity contribution in [1.82, 2.24) is 35.3 Å². The topological polar surface area (TPSA) is 155 Å². The monoisotopic (exact) mass is 820 g/mol. The van der Waals surface area contributed by atoms with Crippen molar-refractivity contribution in [2.45, 2.75) is 112 Å². The van der Waals surface area contributed by atoms with Gasteiger partial charge in [0.2, 0.25) is 17.7 Å². The standard InChI is InChI=1S/C44H52N8O4S2/c1-23-27(5)58-43-36(23)37(46-26(4)40-50-49-28(6)52(40)43)31-13-10-29(11-14-31)12-19-35(54)48-39(44(7,8)9)42(56)51-21-33(53)20-34(51)41(55)47-24(2)30-15-17-32(18-16-30)38-25(3)45-22-57-38/h10-11,13-18,22,24,26,33-34,39,53H,12,19-21H2,1-9H3,(H,47,55)(H,48,54)/t24-,26-,33+,34-,39?/m0/s1. The molecule has 1 unspecified atom stereocenters. The van der Waals surface area contributed by atoms with Crippen LogP contribution in [0.3, 0.4) is 0 Å². The Hall–Kier alpha value is -5.05. The van der Waals surface area contributed by atoms with Gasteiger partial charge in [0.25, 0.3) is 0 Å². The molecule has 0 spiro atoms. The van der Waals surface area contributed by atoms with E-state index in [1.54, 1.807) is 22.7 Å². The highest BCUT2D eigenvalue weighted by Crippen LogP contribution is 2.39. The summed E-state index contributed by atoms with van der Waals surface area (Å²) in [5, 5.41) is 26.6. The fourth-order valence-corrected chi connectivity index (χ4v) is 9.84. The Kier molecular flexibility index (Phi) is 11.6. The summed E-state index contributed by atoms with van der Waals surface area (Å²) in [6.07, 6.45) is -0.0961. The molecular formula is C44H52N8O4S2. The molecule has 2 aromatic carbocycles. The molecule has 5 heterocycles. The van der Waals surface area contributed by atoms with E-state index in [0.717, 1.165) is 60.7 Å². The molecule has 1 fully saturated rings. The van der Waals surface area contributed by atoms with Gasteiger partial charge in [0.05, 0.1) is 33.9 Å². The zero-order chi connectivity index (χ0) is 41.6. The van der Waals surface area contributed by atoms with E-state index in [-0.39, 0.29) is 49.2 Å². The highest BCUT2D eigenvalue weighted by Gasteiger charge is 2.44. The number of aryl methyl sites for hydroxylation is 4. The van der Waals surface area contributed by atoms with Crippen molar-refractivity contribution in [3.05, 3.63) is 104 Å². The maximum atomic E-state index is 14.2. The molecule has 2 aliphatic heterocycles. The van der Waals surface area contributed by atoms with Crippen LogP contribution in [0.25, 0.3) is 15.4 Å². The summed E-state index contributed by atoms with van der Waals surface area (Å²) < 4.78 is 2.12. The van der Waals surface area contributed by atoms with Crippen molar-refractivity contribution in [2.24, 2.45) is 10.4 Å². The number of aliphatic imine (C=N–C) groups is 1. The van der Waals surface area contributed by atoms with Gasteiger partial charge in [-0.3, -0.25) is 23.9 Å². The lowest BCUT2D eigenvalue weighted by Gasteiger charge is -2.35. The summed E-state index contributed by atoms with van der Waals surface area (Å²) in [6.45, 7) is 17.8. The molecule has 12 nitrogen and oxygen atoms in total. The maximum Gasteiger partial charge on any atom is 0.246 e. The number of hydrogen-bond donors (Lipinski definition) is 3. The van der Waals surface area contributed by atoms with E-state index in [2.05, 4.69) is 56.4 Å². The number of aliphatic hydroxyl groups excluding tert-OH is 1. The minimum absolute atomic E-state index is 0.0123. The number of likely N-dealkylation sites (tertiary alicyclic amines) is 1. The van der Waals surface area contributed by atoms with Gasteiger partial charge in [0.15, 0.2) is 5.82 Å². The third kappa shape index (κ3) is 8.14. The van der Waals surface area contributed by atoms with Gasteiger partial charge in [0, 0.05) is 35.4 Å². The molecule has 0 saturated carbocycles. The van der Waals surface area contributed by atoms with E-state index in [0.29, 0.717) is 6.42 Å². The van der Waals surface area contributed by atoms with Crippen molar-refractivity contribution >= 4 is 46.1 Å². The lowest BCUT2D eigenvalue weighted by Crippen LogP contribution is -2.57. The van der Waals surface area contributed by atoms with Crippen LogP contribution in [0, 0.1) is 33.1 Å². The number of carbonyl (C=O) groups is 3. The number of nitrogens with one attached hydrogen (secondary N) is 2. The molecule has 3 amide bonds. The van der Waals surface area contributed by atoms with Gasteiger partial charge < -0.3 is 20.6 Å². The van der Waals surface area contributed by atoms with Crippen LogP contribution in [0.5, 0.6) is 0 Å². The molecule has 3 N–H and O–H groups in total. The van der Waals surface area contributed by atoms with Gasteiger partial charge in [0.1, 0.15) is 29.0 Å². The Balaban J connectivity index is 0.996. The largest absolute Gasteiger partial charge is 0.391 e. The summed E-state index contributed by atoms with van der Waals surface area (Å²) in [7, 11) is 0. The number of benzene rings is 2. The van der Waals surface area contributed by atoms with Crippen LogP contribution in [0.15, 0.2) is 59.0 Å². The molecule has 0 aliphatic carbocycles. The number of thiophene rings is 1. The number of fused-ring (bicyclic) bond motifs is 3. The number of hydrogen-bond acceptors (Lipinski definition) is 10. The normalized spacial score (nSPS) is 18.8. The van der Waals surface area contributed by atoms with Crippen LogP contribution in [0.1, 0.15) is 110 Å². The zero-order valence-electron chi connectivity index (χ0n) is 34.6. The average Bonchev–Trinajstić information content (AvgIpc) is 3.95. The van der Waals surface area contributed by atoms with Crippen LogP contribution in [0.4, 0.5) is 0 Å². The number of amides is 3. The molecule has 2 aliphatic rings. The van der Waals surface area contributed by atoms with Gasteiger partial charge >= 0.3 is 0 Å². The number of rotatable bonds is 10. The van der Waals surface area contributed by atoms with E-state index in [1.807, 2.05) is 90.4 Å². The summed E-state index contributed by atoms with van der Waals surface area (Å²) in [4.78, 5) is 54.7. The Bertz CT molecular complexity index is 2370. The van der Waals surface area contributed by atoms with Crippen molar-refractivity contribution in [3.63, 3.8) is 0 Å². The van der Waals surface area contributed by atoms with Gasteiger partial charge in [-0.25, -0.2) is 4.98 Å². The van der Waals surface area contributed by atoms with Crippen molar-refractivity contribution in [2.75, 3.05) is 6.54 Å². The number of aromatic nitrogens is 4. The minimum atomic E-state index is -0.904. The summed E-state index contributed by atoms with van der Waals surface area (Å²) in [6, 6.07) is 13.9. The van der Waals surface area contributed by atoms with Crippen LogP contribution in [-0.2, 0) is 20.8 Å². The van der Waals surface area contributed by atoms with E-state index in [1.165, 1.54) is 15.3 Å². The summed E-state index contributed by atoms with van der Waals surface area (Å²) >= 11 is 3.31. The molecule has 304 valence electrons. The van der Waals surface area contributed by atoms with Crippen molar-refractivity contribution in [3.8, 4) is 15.4 Å². The molecule has 58 heavy (non-hydrogen) atoms. The molecule has 3 aromatic heterocycles. The number of nitrogens with zero attached hydrogens (tertiary/aromatic N) is 6. The fourth-order valence-electron chi connectivity index (χ4n) is 7.82. The first kappa shape index (κ1) is 41.1. The van der Waals surface area contributed by atoms with Crippen LogP contribution in [0.2, 0.25) is 0 Å². The number of thiazole rings is 1. The first-order valence-electron chi connectivity index (χ1n) is 19.8. The maximum absolute atomic E-state index is 14.2. The van der Waals surface area contributed by atoms with E-state index in [4.69, 9.17) is 4.99 Å². The molecule has 7 rings (SSSR count). The van der Waals surface area contributed by atoms with E-state index in [9.17, 15) is 19.5 Å². The quantitative estimate of drug-likeness (QED) is 0.139. The Morgan fingerprint density at radius 2 is 1.66 bits per heavy atom. The minimum Gasteiger partial charge on any atom is -0.391 e. The Morgan fingerprint density at radius 1 is 0.966 bits per heavy atom. The average molecular weight is 821 g/mol. The highest BCUT2D eigenvalue weighted by molar-refractivity contribution is 7.15. The summed E-state index contributed by atoms with van der Waals surface area (Å²) in [5.41, 5.74) is 9.27. The highest BCUT2D eigenvalue weighted by atomic mass is 32.1. The van der Waals surface area contributed by atoms with E-state index >= 15 is 0 Å². The van der Waals surface area contributed by atoms with Gasteiger partial charge in [-0.2, -0.15) is 0 Å². The third-order valence-electron chi connectivity index (χ3n) is 11.3. The van der Waals surface area contributed by atoms with Gasteiger partial charge in [-0.05, 0) is 75.6 Å². The molecule has 5 aromatic rings. The number of carbonyl (C=O) groups excluding carboxylic acids is 3. The van der Waals surface area contributed by atoms with Gasteiger partial charge in [-0.15, -0.1) is 32.9 Å². The predicted molar refractivity (Wildman–Crippen MR) is 229 cm³/mol. The predicted octanol–water partition coefficient (Wildman–Crippen LogP) is 6.90. The molecule has 14 heteroatoms. The van der Waals surface area contributed by atoms with Gasteiger partial charge in [-0.1, -0.05) is 69.3 Å². The molecule has 0 bridgehead atoms. The molecule has 1 saturated heterocycles. The van der Waals surface area contributed by atoms with Crippen molar-refractivity contribution < 1.29 is 19.5 Å². The first-order chi connectivity index (χ1) is 27.5. The summed E-state index contributed by atoms with van der Waals surface area (Å²) in [5.74, 6) is 0.657. The number of aliphatic hydroxyl groups is 1. The second kappa shape index (κ2) is 16.3. The molecular weight excluding hydrogens is 769 g/mol.